The van der Waals surface area contributed by atoms with Crippen molar-refractivity contribution >= 4 is 11.9 Å². The smallest absolute Gasteiger partial charge is 0.306 e. The molecule has 0 aliphatic heterocycles. The fraction of sp³-hybridized carbons (Fsp3) is 0.846. The Balaban J connectivity index is 2.42. The molecule has 0 radical (unpaired) electrons. The predicted molar refractivity (Wildman–Crippen MR) is 67.2 cm³/mol. The van der Waals surface area contributed by atoms with Crippen molar-refractivity contribution in [1.82, 2.24) is 5.32 Å². The van der Waals surface area contributed by atoms with Gasteiger partial charge in [0.15, 0.2) is 0 Å². The van der Waals surface area contributed by atoms with Gasteiger partial charge in [0.2, 0.25) is 5.91 Å². The van der Waals surface area contributed by atoms with Gasteiger partial charge in [-0.05, 0) is 18.3 Å². The van der Waals surface area contributed by atoms with Gasteiger partial charge in [0, 0.05) is 19.6 Å². The van der Waals surface area contributed by atoms with Crippen LogP contribution in [0.2, 0.25) is 0 Å². The molecule has 5 nitrogen and oxygen atoms in total. The van der Waals surface area contributed by atoms with Crippen LogP contribution >= 0.6 is 0 Å². The minimum Gasteiger partial charge on any atom is -0.481 e. The second-order valence-corrected chi connectivity index (χ2v) is 5.63. The SMILES string of the molecule is COC(CNC(=O)C1CCCC1(C)C)CC(=O)O. The first-order chi connectivity index (χ1) is 8.36. The maximum Gasteiger partial charge on any atom is 0.306 e. The molecule has 0 spiro atoms. The molecule has 5 heteroatoms. The van der Waals surface area contributed by atoms with Crippen molar-refractivity contribution in [2.24, 2.45) is 11.3 Å². The van der Waals surface area contributed by atoms with Crippen LogP contribution in [0.4, 0.5) is 0 Å². The molecular formula is C13H23NO4. The molecule has 18 heavy (non-hydrogen) atoms. The van der Waals surface area contributed by atoms with Gasteiger partial charge in [-0.25, -0.2) is 0 Å². The molecule has 0 heterocycles. The lowest BCUT2D eigenvalue weighted by Gasteiger charge is -2.26. The normalized spacial score (nSPS) is 23.6. The van der Waals surface area contributed by atoms with Crippen molar-refractivity contribution in [2.45, 2.75) is 45.6 Å². The zero-order valence-corrected chi connectivity index (χ0v) is 11.4. The first-order valence-corrected chi connectivity index (χ1v) is 6.39. The van der Waals surface area contributed by atoms with E-state index in [9.17, 15) is 9.59 Å². The molecule has 2 atom stereocenters. The third kappa shape index (κ3) is 3.98. The number of nitrogens with one attached hydrogen (secondary N) is 1. The molecule has 0 saturated heterocycles. The first kappa shape index (κ1) is 15.0. The van der Waals surface area contributed by atoms with E-state index in [4.69, 9.17) is 9.84 Å². The molecule has 2 N–H and O–H groups in total. The van der Waals surface area contributed by atoms with E-state index in [1.54, 1.807) is 0 Å². The number of hydrogen-bond donors (Lipinski definition) is 2. The van der Waals surface area contributed by atoms with E-state index in [1.807, 2.05) is 0 Å². The van der Waals surface area contributed by atoms with Crippen molar-refractivity contribution in [1.29, 1.82) is 0 Å². The van der Waals surface area contributed by atoms with Crippen LogP contribution < -0.4 is 5.32 Å². The van der Waals surface area contributed by atoms with Crippen LogP contribution in [-0.2, 0) is 14.3 Å². The first-order valence-electron chi connectivity index (χ1n) is 6.39. The van der Waals surface area contributed by atoms with Crippen molar-refractivity contribution in [3.05, 3.63) is 0 Å². The predicted octanol–water partition coefficient (Wildman–Crippen LogP) is 1.42. The number of carbonyl (C=O) groups excluding carboxylic acids is 1. The van der Waals surface area contributed by atoms with Crippen LogP contribution in [0.25, 0.3) is 0 Å². The largest absolute Gasteiger partial charge is 0.481 e. The van der Waals surface area contributed by atoms with E-state index in [2.05, 4.69) is 19.2 Å². The lowest BCUT2D eigenvalue weighted by molar-refractivity contribution is -0.140. The van der Waals surface area contributed by atoms with E-state index in [0.717, 1.165) is 19.3 Å². The minimum absolute atomic E-state index is 0.0185. The Morgan fingerprint density at radius 2 is 2.17 bits per heavy atom. The number of carboxylic acids is 1. The van der Waals surface area contributed by atoms with Crippen LogP contribution in [0.5, 0.6) is 0 Å². The fourth-order valence-corrected chi connectivity index (χ4v) is 2.58. The highest BCUT2D eigenvalue weighted by Gasteiger charge is 2.39. The quantitative estimate of drug-likeness (QED) is 0.754. The average Bonchev–Trinajstić information content (AvgIpc) is 2.63. The molecule has 1 saturated carbocycles. The number of carbonyl (C=O) groups is 2. The van der Waals surface area contributed by atoms with Crippen molar-refractivity contribution < 1.29 is 19.4 Å². The Bertz CT molecular complexity index is 314. The Hall–Kier alpha value is -1.10. The molecule has 0 bridgehead atoms. The molecule has 1 aliphatic rings. The van der Waals surface area contributed by atoms with Gasteiger partial charge in [-0.3, -0.25) is 9.59 Å². The Morgan fingerprint density at radius 3 is 2.61 bits per heavy atom. The Labute approximate surface area is 108 Å². The Kier molecular flexibility index (Phi) is 5.14. The summed E-state index contributed by atoms with van der Waals surface area (Å²) < 4.78 is 5.03. The summed E-state index contributed by atoms with van der Waals surface area (Å²) in [5.41, 5.74) is 0.0411. The maximum absolute atomic E-state index is 12.1. The topological polar surface area (TPSA) is 75.6 Å². The number of amides is 1. The summed E-state index contributed by atoms with van der Waals surface area (Å²) in [7, 11) is 1.46. The number of hydrogen-bond acceptors (Lipinski definition) is 3. The summed E-state index contributed by atoms with van der Waals surface area (Å²) in [5, 5.41) is 11.5. The maximum atomic E-state index is 12.1. The summed E-state index contributed by atoms with van der Waals surface area (Å²) in [6.07, 6.45) is 2.50. The fourth-order valence-electron chi connectivity index (χ4n) is 2.58. The zero-order chi connectivity index (χ0) is 13.8. The van der Waals surface area contributed by atoms with Crippen LogP contribution in [0, 0.1) is 11.3 Å². The Morgan fingerprint density at radius 1 is 1.50 bits per heavy atom. The van der Waals surface area contributed by atoms with Gasteiger partial charge in [-0.2, -0.15) is 0 Å². The van der Waals surface area contributed by atoms with Crippen LogP contribution in [0.15, 0.2) is 0 Å². The van der Waals surface area contributed by atoms with Crippen molar-refractivity contribution in [3.8, 4) is 0 Å². The summed E-state index contributed by atoms with van der Waals surface area (Å²) in [6.45, 7) is 4.47. The summed E-state index contributed by atoms with van der Waals surface area (Å²) in [6, 6.07) is 0. The van der Waals surface area contributed by atoms with Gasteiger partial charge in [0.1, 0.15) is 0 Å². The summed E-state index contributed by atoms with van der Waals surface area (Å²) >= 11 is 0. The van der Waals surface area contributed by atoms with E-state index >= 15 is 0 Å². The highest BCUT2D eigenvalue weighted by Crippen LogP contribution is 2.42. The number of methoxy groups -OCH3 is 1. The minimum atomic E-state index is -0.919. The molecule has 1 rings (SSSR count). The van der Waals surface area contributed by atoms with Crippen molar-refractivity contribution in [3.63, 3.8) is 0 Å². The second kappa shape index (κ2) is 6.18. The van der Waals surface area contributed by atoms with Crippen LogP contribution in [0.1, 0.15) is 39.5 Å². The highest BCUT2D eigenvalue weighted by molar-refractivity contribution is 5.79. The lowest BCUT2D eigenvalue weighted by atomic mass is 9.81. The third-order valence-electron chi connectivity index (χ3n) is 3.81. The second-order valence-electron chi connectivity index (χ2n) is 5.63. The number of ether oxygens (including phenoxy) is 1. The zero-order valence-electron chi connectivity index (χ0n) is 11.4. The van der Waals surface area contributed by atoms with Crippen molar-refractivity contribution in [2.75, 3.05) is 13.7 Å². The van der Waals surface area contributed by atoms with E-state index in [-0.39, 0.29) is 30.2 Å². The molecule has 1 amide bonds. The average molecular weight is 257 g/mol. The van der Waals surface area contributed by atoms with E-state index in [0.29, 0.717) is 0 Å². The number of aliphatic carboxylic acids is 1. The molecule has 0 aromatic heterocycles. The highest BCUT2D eigenvalue weighted by atomic mass is 16.5. The van der Waals surface area contributed by atoms with Crippen LogP contribution in [-0.4, -0.2) is 36.7 Å². The van der Waals surface area contributed by atoms with Crippen LogP contribution in [0.3, 0.4) is 0 Å². The molecule has 0 aromatic rings. The van der Waals surface area contributed by atoms with Gasteiger partial charge in [0.25, 0.3) is 0 Å². The van der Waals surface area contributed by atoms with Gasteiger partial charge in [0.05, 0.1) is 12.5 Å². The van der Waals surface area contributed by atoms with Gasteiger partial charge in [-0.15, -0.1) is 0 Å². The third-order valence-corrected chi connectivity index (χ3v) is 3.81. The molecule has 1 aliphatic carbocycles. The molecule has 1 fully saturated rings. The summed E-state index contributed by atoms with van der Waals surface area (Å²) in [4.78, 5) is 22.6. The lowest BCUT2D eigenvalue weighted by Crippen LogP contribution is -2.40. The monoisotopic (exact) mass is 257 g/mol. The standard InChI is InChI=1S/C13H23NO4/c1-13(2)6-4-5-10(13)12(17)14-8-9(18-3)7-11(15)16/h9-10H,4-8H2,1-3H3,(H,14,17)(H,15,16). The number of carboxylic acid groups (broad SMARTS) is 1. The van der Waals surface area contributed by atoms with Gasteiger partial charge < -0.3 is 15.2 Å². The molecular weight excluding hydrogens is 234 g/mol. The van der Waals surface area contributed by atoms with Gasteiger partial charge >= 0.3 is 5.97 Å². The summed E-state index contributed by atoms with van der Waals surface area (Å²) in [5.74, 6) is -0.873. The molecule has 2 unspecified atom stereocenters. The number of rotatable bonds is 6. The molecule has 0 aromatic carbocycles. The van der Waals surface area contributed by atoms with E-state index < -0.39 is 12.1 Å². The van der Waals surface area contributed by atoms with Gasteiger partial charge in [-0.1, -0.05) is 20.3 Å². The molecule has 104 valence electrons. The van der Waals surface area contributed by atoms with E-state index in [1.165, 1.54) is 7.11 Å².